The van der Waals surface area contributed by atoms with Crippen molar-refractivity contribution in [3.8, 4) is 23.0 Å². The van der Waals surface area contributed by atoms with Crippen LogP contribution in [-0.2, 0) is 13.0 Å². The summed E-state index contributed by atoms with van der Waals surface area (Å²) in [5.74, 6) is -0.162. The Morgan fingerprint density at radius 2 is 2.04 bits per heavy atom. The molecule has 0 spiro atoms. The fourth-order valence-electron chi connectivity index (χ4n) is 3.11. The highest BCUT2D eigenvalue weighted by Gasteiger charge is 2.23. The number of aromatic carboxylic acids is 1. The van der Waals surface area contributed by atoms with Crippen molar-refractivity contribution < 1.29 is 19.4 Å². The quantitative estimate of drug-likeness (QED) is 0.857. The van der Waals surface area contributed by atoms with Gasteiger partial charge in [-0.3, -0.25) is 4.79 Å². The molecule has 1 N–H and O–H groups in total. The molecular formula is C17H16N2O5. The van der Waals surface area contributed by atoms with Gasteiger partial charge in [-0.2, -0.15) is 0 Å². The van der Waals surface area contributed by atoms with Crippen LogP contribution in [0, 0.1) is 0 Å². The van der Waals surface area contributed by atoms with E-state index in [0.29, 0.717) is 42.8 Å². The number of aromatic nitrogens is 2. The van der Waals surface area contributed by atoms with Crippen molar-refractivity contribution in [1.29, 1.82) is 0 Å². The second-order valence-corrected chi connectivity index (χ2v) is 5.89. The third kappa shape index (κ3) is 2.42. The number of ether oxygens (including phenoxy) is 2. The van der Waals surface area contributed by atoms with Crippen molar-refractivity contribution in [2.75, 3.05) is 13.2 Å². The Bertz CT molecular complexity index is 887. The summed E-state index contributed by atoms with van der Waals surface area (Å²) in [5.41, 5.74) is 1.51. The Kier molecular flexibility index (Phi) is 3.48. The fraction of sp³-hybridized carbons (Fsp3) is 0.353. The Labute approximate surface area is 137 Å². The average molecular weight is 328 g/mol. The molecule has 0 amide bonds. The summed E-state index contributed by atoms with van der Waals surface area (Å²) in [4.78, 5) is 27.9. The Hall–Kier alpha value is -2.83. The molecule has 0 saturated carbocycles. The van der Waals surface area contributed by atoms with Crippen LogP contribution < -0.4 is 14.9 Å². The average Bonchev–Trinajstić information content (AvgIpc) is 2.88. The third-order valence-electron chi connectivity index (χ3n) is 4.26. The summed E-state index contributed by atoms with van der Waals surface area (Å²) >= 11 is 0. The van der Waals surface area contributed by atoms with Crippen LogP contribution in [0.1, 0.15) is 28.8 Å². The van der Waals surface area contributed by atoms with Gasteiger partial charge in [0.05, 0.1) is 24.6 Å². The first-order valence-electron chi connectivity index (χ1n) is 7.91. The molecule has 2 aromatic heterocycles. The van der Waals surface area contributed by atoms with Gasteiger partial charge in [0.25, 0.3) is 5.88 Å². The van der Waals surface area contributed by atoms with Gasteiger partial charge in [0.2, 0.25) is 0 Å². The minimum atomic E-state index is -1.22. The van der Waals surface area contributed by atoms with Crippen LogP contribution in [-0.4, -0.2) is 33.8 Å². The predicted molar refractivity (Wildman–Crippen MR) is 84.8 cm³/mol. The number of hydrogen-bond donors (Lipinski definition) is 1. The predicted octanol–water partition coefficient (Wildman–Crippen LogP) is 1.72. The molecule has 0 unspecified atom stereocenters. The Balaban J connectivity index is 1.92. The van der Waals surface area contributed by atoms with Gasteiger partial charge in [0, 0.05) is 25.2 Å². The molecule has 0 bridgehead atoms. The SMILES string of the molecule is O=C(O)c1cn2c(cc1=O)-c1nc3c(cc1CCC2)OCCCO3. The Morgan fingerprint density at radius 3 is 2.88 bits per heavy atom. The monoisotopic (exact) mass is 328 g/mol. The van der Waals surface area contributed by atoms with Gasteiger partial charge < -0.3 is 19.1 Å². The number of hydrogen-bond acceptors (Lipinski definition) is 5. The van der Waals surface area contributed by atoms with Crippen molar-refractivity contribution in [2.24, 2.45) is 0 Å². The van der Waals surface area contributed by atoms with Crippen LogP contribution in [0.4, 0.5) is 0 Å². The van der Waals surface area contributed by atoms with Crippen LogP contribution in [0.3, 0.4) is 0 Å². The van der Waals surface area contributed by atoms with E-state index in [1.165, 1.54) is 12.3 Å². The van der Waals surface area contributed by atoms with Gasteiger partial charge >= 0.3 is 5.97 Å². The summed E-state index contributed by atoms with van der Waals surface area (Å²) in [6, 6.07) is 3.28. The van der Waals surface area contributed by atoms with E-state index in [2.05, 4.69) is 4.98 Å². The molecule has 4 rings (SSSR count). The fourth-order valence-corrected chi connectivity index (χ4v) is 3.11. The number of carbonyl (C=O) groups is 1. The van der Waals surface area contributed by atoms with E-state index < -0.39 is 11.4 Å². The molecule has 7 nitrogen and oxygen atoms in total. The summed E-state index contributed by atoms with van der Waals surface area (Å²) in [7, 11) is 0. The molecule has 0 aromatic carbocycles. The molecule has 0 radical (unpaired) electrons. The lowest BCUT2D eigenvalue weighted by molar-refractivity contribution is 0.0694. The maximum Gasteiger partial charge on any atom is 0.341 e. The molecule has 2 aliphatic rings. The zero-order valence-corrected chi connectivity index (χ0v) is 12.9. The summed E-state index contributed by atoms with van der Waals surface area (Å²) in [5, 5.41) is 9.16. The summed E-state index contributed by atoms with van der Waals surface area (Å²) in [6.07, 6.45) is 3.79. The number of aryl methyl sites for hydroxylation is 2. The first-order valence-corrected chi connectivity index (χ1v) is 7.91. The van der Waals surface area contributed by atoms with Crippen molar-refractivity contribution in [3.63, 3.8) is 0 Å². The standard InChI is InChI=1S/C17H16N2O5/c20-13-8-12-15-10(3-1-4-19(12)9-11(13)17(21)22)7-14-16(18-15)24-6-2-5-23-14/h7-9H,1-6H2,(H,21,22). The van der Waals surface area contributed by atoms with E-state index in [1.807, 2.05) is 6.07 Å². The van der Waals surface area contributed by atoms with Gasteiger partial charge in [-0.1, -0.05) is 0 Å². The molecule has 0 saturated heterocycles. The smallest absolute Gasteiger partial charge is 0.341 e. The van der Waals surface area contributed by atoms with Crippen molar-refractivity contribution in [2.45, 2.75) is 25.8 Å². The molecular weight excluding hydrogens is 312 g/mol. The van der Waals surface area contributed by atoms with Gasteiger partial charge in [-0.15, -0.1) is 0 Å². The molecule has 0 aliphatic carbocycles. The van der Waals surface area contributed by atoms with Crippen LogP contribution in [0.2, 0.25) is 0 Å². The molecule has 2 aliphatic heterocycles. The maximum atomic E-state index is 12.1. The van der Waals surface area contributed by atoms with Gasteiger partial charge in [-0.05, 0) is 24.5 Å². The summed E-state index contributed by atoms with van der Waals surface area (Å²) in [6.45, 7) is 1.74. The number of carboxylic acids is 1. The van der Waals surface area contributed by atoms with Gasteiger partial charge in [0.1, 0.15) is 5.56 Å². The molecule has 0 fully saturated rings. The number of nitrogens with zero attached hydrogens (tertiary/aromatic N) is 2. The highest BCUT2D eigenvalue weighted by molar-refractivity contribution is 5.87. The van der Waals surface area contributed by atoms with Crippen molar-refractivity contribution >= 4 is 5.97 Å². The topological polar surface area (TPSA) is 90.7 Å². The van der Waals surface area contributed by atoms with Gasteiger partial charge in [0.15, 0.2) is 11.2 Å². The maximum absolute atomic E-state index is 12.1. The number of pyridine rings is 2. The van der Waals surface area contributed by atoms with Crippen LogP contribution in [0.5, 0.6) is 11.6 Å². The number of rotatable bonds is 1. The summed E-state index contributed by atoms with van der Waals surface area (Å²) < 4.78 is 13.1. The van der Waals surface area contributed by atoms with E-state index in [-0.39, 0.29) is 5.56 Å². The van der Waals surface area contributed by atoms with Gasteiger partial charge in [-0.25, -0.2) is 9.78 Å². The lowest BCUT2D eigenvalue weighted by Gasteiger charge is -2.14. The van der Waals surface area contributed by atoms with Crippen LogP contribution in [0.15, 0.2) is 23.1 Å². The van der Waals surface area contributed by atoms with Crippen LogP contribution >= 0.6 is 0 Å². The third-order valence-corrected chi connectivity index (χ3v) is 4.26. The lowest BCUT2D eigenvalue weighted by Crippen LogP contribution is -2.18. The van der Waals surface area contributed by atoms with Crippen molar-refractivity contribution in [1.82, 2.24) is 9.55 Å². The normalized spacial score (nSPS) is 15.7. The number of carboxylic acid groups (broad SMARTS) is 1. The minimum absolute atomic E-state index is 0.225. The largest absolute Gasteiger partial charge is 0.488 e. The van der Waals surface area contributed by atoms with E-state index in [1.54, 1.807) is 4.57 Å². The number of fused-ring (bicyclic) bond motifs is 4. The van der Waals surface area contributed by atoms with E-state index >= 15 is 0 Å². The molecule has 7 heteroatoms. The van der Waals surface area contributed by atoms with Crippen molar-refractivity contribution in [3.05, 3.63) is 39.7 Å². The zero-order chi connectivity index (χ0) is 16.7. The molecule has 24 heavy (non-hydrogen) atoms. The first-order chi connectivity index (χ1) is 11.6. The van der Waals surface area contributed by atoms with E-state index in [4.69, 9.17) is 14.6 Å². The molecule has 4 heterocycles. The highest BCUT2D eigenvalue weighted by Crippen LogP contribution is 2.35. The molecule has 124 valence electrons. The highest BCUT2D eigenvalue weighted by atomic mass is 16.5. The zero-order valence-electron chi connectivity index (χ0n) is 12.9. The second kappa shape index (κ2) is 5.67. The first kappa shape index (κ1) is 14.7. The molecule has 2 aromatic rings. The minimum Gasteiger partial charge on any atom is -0.488 e. The lowest BCUT2D eigenvalue weighted by atomic mass is 10.1. The van der Waals surface area contributed by atoms with E-state index in [0.717, 1.165) is 24.8 Å². The van der Waals surface area contributed by atoms with Crippen LogP contribution in [0.25, 0.3) is 11.4 Å². The second-order valence-electron chi connectivity index (χ2n) is 5.89. The Morgan fingerprint density at radius 1 is 1.21 bits per heavy atom. The molecule has 0 atom stereocenters. The van der Waals surface area contributed by atoms with E-state index in [9.17, 15) is 9.59 Å².